The Balaban J connectivity index is 2.23. The van der Waals surface area contributed by atoms with Crippen molar-refractivity contribution in [1.82, 2.24) is 4.98 Å². The SMILES string of the molecule is O=c1[nH]c2cc(O)c(O)cc2c2cc3c(cc12)OCO3. The standard InChI is InChI=1S/C14H9NO5/c16-10-1-7-6-2-12-13(20-5-19-12)3-8(6)14(18)15-9(7)4-11(10)17/h1-4,16-17H,5H2,(H,15,18). The number of fused-ring (bicyclic) bond motifs is 4. The monoisotopic (exact) mass is 271 g/mol. The largest absolute Gasteiger partial charge is 0.504 e. The van der Waals surface area contributed by atoms with Crippen LogP contribution in [-0.4, -0.2) is 22.0 Å². The smallest absolute Gasteiger partial charge is 0.256 e. The van der Waals surface area contributed by atoms with Crippen molar-refractivity contribution in [3.63, 3.8) is 0 Å². The molecule has 1 aliphatic rings. The number of benzene rings is 2. The average molecular weight is 271 g/mol. The highest BCUT2D eigenvalue weighted by Crippen LogP contribution is 2.38. The van der Waals surface area contributed by atoms with Crippen LogP contribution < -0.4 is 15.0 Å². The van der Waals surface area contributed by atoms with Gasteiger partial charge >= 0.3 is 0 Å². The summed E-state index contributed by atoms with van der Waals surface area (Å²) in [5.74, 6) is 0.541. The highest BCUT2D eigenvalue weighted by atomic mass is 16.7. The third-order valence-corrected chi connectivity index (χ3v) is 3.41. The number of pyridine rings is 1. The third-order valence-electron chi connectivity index (χ3n) is 3.41. The van der Waals surface area contributed by atoms with Crippen molar-refractivity contribution in [3.8, 4) is 23.0 Å². The van der Waals surface area contributed by atoms with Crippen LogP contribution in [0, 0.1) is 0 Å². The topological polar surface area (TPSA) is 91.8 Å². The molecule has 0 bridgehead atoms. The molecular weight excluding hydrogens is 262 g/mol. The molecule has 0 spiro atoms. The number of H-pyrrole nitrogens is 1. The summed E-state index contributed by atoms with van der Waals surface area (Å²) in [4.78, 5) is 14.8. The number of aromatic nitrogens is 1. The van der Waals surface area contributed by atoms with Crippen LogP contribution in [0.2, 0.25) is 0 Å². The van der Waals surface area contributed by atoms with E-state index in [0.717, 1.165) is 0 Å². The maximum atomic E-state index is 12.1. The molecule has 3 N–H and O–H groups in total. The van der Waals surface area contributed by atoms with Gasteiger partial charge in [-0.1, -0.05) is 0 Å². The first-order valence-corrected chi connectivity index (χ1v) is 5.95. The Kier molecular flexibility index (Phi) is 1.96. The number of ether oxygens (including phenoxy) is 2. The lowest BCUT2D eigenvalue weighted by Gasteiger charge is -2.07. The van der Waals surface area contributed by atoms with E-state index in [1.54, 1.807) is 12.1 Å². The molecule has 0 amide bonds. The second-order valence-corrected chi connectivity index (χ2v) is 4.59. The molecule has 6 heteroatoms. The fraction of sp³-hybridized carbons (Fsp3) is 0.0714. The summed E-state index contributed by atoms with van der Waals surface area (Å²) in [7, 11) is 0. The molecule has 2 heterocycles. The van der Waals surface area contributed by atoms with E-state index in [2.05, 4.69) is 4.98 Å². The van der Waals surface area contributed by atoms with Crippen molar-refractivity contribution >= 4 is 21.7 Å². The van der Waals surface area contributed by atoms with Gasteiger partial charge in [-0.25, -0.2) is 0 Å². The minimum absolute atomic E-state index is 0.119. The van der Waals surface area contributed by atoms with Crippen molar-refractivity contribution in [1.29, 1.82) is 0 Å². The molecule has 2 aromatic carbocycles. The van der Waals surface area contributed by atoms with Crippen molar-refractivity contribution in [2.45, 2.75) is 0 Å². The van der Waals surface area contributed by atoms with Crippen LogP contribution in [0.1, 0.15) is 0 Å². The predicted molar refractivity (Wildman–Crippen MR) is 71.5 cm³/mol. The van der Waals surface area contributed by atoms with E-state index >= 15 is 0 Å². The Labute approximate surface area is 111 Å². The first kappa shape index (κ1) is 11.0. The van der Waals surface area contributed by atoms with E-state index < -0.39 is 0 Å². The van der Waals surface area contributed by atoms with Gasteiger partial charge in [-0.15, -0.1) is 0 Å². The Hall–Kier alpha value is -2.89. The Morgan fingerprint density at radius 3 is 2.30 bits per heavy atom. The lowest BCUT2D eigenvalue weighted by Crippen LogP contribution is -2.06. The highest BCUT2D eigenvalue weighted by Gasteiger charge is 2.17. The summed E-state index contributed by atoms with van der Waals surface area (Å²) in [6.45, 7) is 0.119. The van der Waals surface area contributed by atoms with Crippen LogP contribution in [0.3, 0.4) is 0 Å². The molecule has 4 rings (SSSR count). The molecule has 1 aliphatic heterocycles. The summed E-state index contributed by atoms with van der Waals surface area (Å²) in [5.41, 5.74) is 0.146. The van der Waals surface area contributed by atoms with Gasteiger partial charge in [0.2, 0.25) is 6.79 Å². The lowest BCUT2D eigenvalue weighted by molar-refractivity contribution is 0.174. The number of nitrogens with one attached hydrogen (secondary N) is 1. The molecule has 0 atom stereocenters. The lowest BCUT2D eigenvalue weighted by atomic mass is 10.1. The summed E-state index contributed by atoms with van der Waals surface area (Å²) in [5, 5.41) is 20.8. The van der Waals surface area contributed by atoms with Crippen LogP contribution in [-0.2, 0) is 0 Å². The molecule has 0 saturated carbocycles. The van der Waals surface area contributed by atoms with Crippen LogP contribution in [0.5, 0.6) is 23.0 Å². The van der Waals surface area contributed by atoms with Crippen LogP contribution >= 0.6 is 0 Å². The van der Waals surface area contributed by atoms with E-state index in [4.69, 9.17) is 9.47 Å². The number of phenolic OH excluding ortho intramolecular Hbond substituents is 2. The van der Waals surface area contributed by atoms with Gasteiger partial charge < -0.3 is 24.7 Å². The Morgan fingerprint density at radius 2 is 1.55 bits per heavy atom. The van der Waals surface area contributed by atoms with E-state index in [-0.39, 0.29) is 23.9 Å². The van der Waals surface area contributed by atoms with Gasteiger partial charge in [-0.3, -0.25) is 4.79 Å². The quantitative estimate of drug-likeness (QED) is 0.428. The van der Waals surface area contributed by atoms with Crippen molar-refractivity contribution in [3.05, 3.63) is 34.6 Å². The van der Waals surface area contributed by atoms with Crippen molar-refractivity contribution in [2.24, 2.45) is 0 Å². The average Bonchev–Trinajstić information content (AvgIpc) is 2.87. The van der Waals surface area contributed by atoms with Gasteiger partial charge in [0.05, 0.1) is 10.9 Å². The van der Waals surface area contributed by atoms with Gasteiger partial charge in [0.1, 0.15) is 0 Å². The molecule has 6 nitrogen and oxygen atoms in total. The highest BCUT2D eigenvalue weighted by molar-refractivity contribution is 6.07. The summed E-state index contributed by atoms with van der Waals surface area (Å²) >= 11 is 0. The summed E-state index contributed by atoms with van der Waals surface area (Å²) in [6.07, 6.45) is 0. The van der Waals surface area contributed by atoms with E-state index in [1.165, 1.54) is 12.1 Å². The second kappa shape index (κ2) is 3.57. The number of aromatic amines is 1. The fourth-order valence-corrected chi connectivity index (χ4v) is 2.45. The molecule has 0 radical (unpaired) electrons. The van der Waals surface area contributed by atoms with Gasteiger partial charge in [0.15, 0.2) is 23.0 Å². The first-order valence-electron chi connectivity index (χ1n) is 5.95. The zero-order valence-corrected chi connectivity index (χ0v) is 10.1. The first-order chi connectivity index (χ1) is 9.63. The fourth-order valence-electron chi connectivity index (χ4n) is 2.45. The Morgan fingerprint density at radius 1 is 0.900 bits per heavy atom. The third kappa shape index (κ3) is 1.36. The van der Waals surface area contributed by atoms with Crippen LogP contribution in [0.25, 0.3) is 21.7 Å². The predicted octanol–water partition coefficient (Wildman–Crippen LogP) is 1.82. The van der Waals surface area contributed by atoms with Gasteiger partial charge in [0.25, 0.3) is 5.56 Å². The van der Waals surface area contributed by atoms with Crippen molar-refractivity contribution < 1.29 is 19.7 Å². The molecule has 100 valence electrons. The number of phenols is 2. The molecule has 3 aromatic rings. The van der Waals surface area contributed by atoms with Gasteiger partial charge in [-0.2, -0.15) is 0 Å². The molecule has 0 fully saturated rings. The summed E-state index contributed by atoms with van der Waals surface area (Å²) < 4.78 is 10.6. The zero-order valence-electron chi connectivity index (χ0n) is 10.1. The minimum Gasteiger partial charge on any atom is -0.504 e. The maximum absolute atomic E-state index is 12.1. The second-order valence-electron chi connectivity index (χ2n) is 4.59. The molecule has 0 unspecified atom stereocenters. The number of rotatable bonds is 0. The van der Waals surface area contributed by atoms with Crippen LogP contribution in [0.4, 0.5) is 0 Å². The zero-order chi connectivity index (χ0) is 13.9. The normalized spacial score (nSPS) is 13.2. The molecule has 0 aliphatic carbocycles. The molecular formula is C14H9NO5. The van der Waals surface area contributed by atoms with E-state index in [1.807, 2.05) is 0 Å². The Bertz CT molecular complexity index is 928. The number of aromatic hydroxyl groups is 2. The van der Waals surface area contributed by atoms with E-state index in [9.17, 15) is 15.0 Å². The van der Waals surface area contributed by atoms with Crippen molar-refractivity contribution in [2.75, 3.05) is 6.79 Å². The van der Waals surface area contributed by atoms with E-state index in [0.29, 0.717) is 33.2 Å². The molecule has 1 aromatic heterocycles. The van der Waals surface area contributed by atoms with Gasteiger partial charge in [0, 0.05) is 16.8 Å². The number of hydrogen-bond acceptors (Lipinski definition) is 5. The maximum Gasteiger partial charge on any atom is 0.256 e. The van der Waals surface area contributed by atoms with Gasteiger partial charge in [-0.05, 0) is 18.2 Å². The minimum atomic E-state index is -0.295. The molecule has 20 heavy (non-hydrogen) atoms. The molecule has 0 saturated heterocycles. The summed E-state index contributed by atoms with van der Waals surface area (Å²) in [6, 6.07) is 6.03. The number of hydrogen-bond donors (Lipinski definition) is 3. The van der Waals surface area contributed by atoms with Crippen LogP contribution in [0.15, 0.2) is 29.1 Å².